The normalized spacial score (nSPS) is 20.5. The van der Waals surface area contributed by atoms with Crippen LogP contribution in [0.4, 0.5) is 0 Å². The van der Waals surface area contributed by atoms with Gasteiger partial charge in [-0.05, 0) is 37.8 Å². The Morgan fingerprint density at radius 1 is 1.33 bits per heavy atom. The minimum absolute atomic E-state index is 0.444. The molecule has 2 heterocycles. The fourth-order valence-electron chi connectivity index (χ4n) is 1.73. The SMILES string of the molecule is C1COC2(C1)CC2.O=Cc1ccccn1. The minimum Gasteiger partial charge on any atom is -0.375 e. The van der Waals surface area contributed by atoms with E-state index in [0.717, 1.165) is 12.9 Å². The van der Waals surface area contributed by atoms with Crippen LogP contribution in [0.25, 0.3) is 0 Å². The Hall–Kier alpha value is -1.22. The number of hydrogen-bond donors (Lipinski definition) is 0. The highest BCUT2D eigenvalue weighted by Gasteiger charge is 2.46. The van der Waals surface area contributed by atoms with Crippen LogP contribution >= 0.6 is 0 Å². The zero-order valence-corrected chi connectivity index (χ0v) is 8.69. The molecule has 1 saturated heterocycles. The molecule has 1 aromatic heterocycles. The monoisotopic (exact) mass is 205 g/mol. The number of ether oxygens (including phenoxy) is 1. The number of nitrogens with zero attached hydrogens (tertiary/aromatic N) is 1. The van der Waals surface area contributed by atoms with Crippen LogP contribution in [0.1, 0.15) is 36.2 Å². The van der Waals surface area contributed by atoms with Crippen LogP contribution in [0.5, 0.6) is 0 Å². The molecule has 80 valence electrons. The number of carbonyl (C=O) groups excluding carboxylic acids is 1. The molecule has 0 radical (unpaired) electrons. The lowest BCUT2D eigenvalue weighted by Crippen LogP contribution is -2.02. The molecule has 3 nitrogen and oxygen atoms in total. The van der Waals surface area contributed by atoms with Crippen molar-refractivity contribution in [3.63, 3.8) is 0 Å². The summed E-state index contributed by atoms with van der Waals surface area (Å²) >= 11 is 0. The molecule has 1 spiro atoms. The van der Waals surface area contributed by atoms with E-state index < -0.39 is 0 Å². The van der Waals surface area contributed by atoms with Gasteiger partial charge in [-0.15, -0.1) is 0 Å². The van der Waals surface area contributed by atoms with Crippen molar-refractivity contribution in [3.8, 4) is 0 Å². The van der Waals surface area contributed by atoms with Crippen LogP contribution in [0.2, 0.25) is 0 Å². The quantitative estimate of drug-likeness (QED) is 0.660. The minimum atomic E-state index is 0.444. The van der Waals surface area contributed by atoms with Crippen molar-refractivity contribution in [3.05, 3.63) is 30.1 Å². The molecule has 0 bridgehead atoms. The molecule has 15 heavy (non-hydrogen) atoms. The fourth-order valence-corrected chi connectivity index (χ4v) is 1.73. The molecule has 3 rings (SSSR count). The molecular formula is C12H15NO2. The maximum Gasteiger partial charge on any atom is 0.168 e. The maximum atomic E-state index is 9.94. The summed E-state index contributed by atoms with van der Waals surface area (Å²) in [7, 11) is 0. The average Bonchev–Trinajstić information content (AvgIpc) is 2.89. The molecular weight excluding hydrogens is 190 g/mol. The summed E-state index contributed by atoms with van der Waals surface area (Å²) in [4.78, 5) is 13.7. The van der Waals surface area contributed by atoms with Gasteiger partial charge in [0.1, 0.15) is 5.69 Å². The van der Waals surface area contributed by atoms with Gasteiger partial charge in [0.25, 0.3) is 0 Å². The molecule has 0 N–H and O–H groups in total. The highest BCUT2D eigenvalue weighted by Crippen LogP contribution is 2.46. The number of aldehydes is 1. The van der Waals surface area contributed by atoms with Crippen LogP contribution < -0.4 is 0 Å². The van der Waals surface area contributed by atoms with Crippen LogP contribution in [0.15, 0.2) is 24.4 Å². The van der Waals surface area contributed by atoms with Crippen LogP contribution in [0.3, 0.4) is 0 Å². The average molecular weight is 205 g/mol. The van der Waals surface area contributed by atoms with Crippen molar-refractivity contribution in [2.45, 2.75) is 31.3 Å². The summed E-state index contributed by atoms with van der Waals surface area (Å²) in [6, 6.07) is 5.21. The lowest BCUT2D eigenvalue weighted by molar-refractivity contribution is 0.0909. The third-order valence-electron chi connectivity index (χ3n) is 2.80. The predicted octanol–water partition coefficient (Wildman–Crippen LogP) is 2.22. The van der Waals surface area contributed by atoms with Crippen molar-refractivity contribution in [2.75, 3.05) is 6.61 Å². The molecule has 0 unspecified atom stereocenters. The van der Waals surface area contributed by atoms with Gasteiger partial charge in [0.2, 0.25) is 0 Å². The van der Waals surface area contributed by atoms with Gasteiger partial charge in [0, 0.05) is 12.8 Å². The van der Waals surface area contributed by atoms with Crippen molar-refractivity contribution in [1.29, 1.82) is 0 Å². The largest absolute Gasteiger partial charge is 0.375 e. The van der Waals surface area contributed by atoms with E-state index >= 15 is 0 Å². The van der Waals surface area contributed by atoms with E-state index in [4.69, 9.17) is 4.74 Å². The predicted molar refractivity (Wildman–Crippen MR) is 56.8 cm³/mol. The fraction of sp³-hybridized carbons (Fsp3) is 0.500. The first-order valence-electron chi connectivity index (χ1n) is 5.35. The Kier molecular flexibility index (Phi) is 3.11. The molecule has 1 aliphatic carbocycles. The van der Waals surface area contributed by atoms with Gasteiger partial charge in [-0.25, -0.2) is 0 Å². The van der Waals surface area contributed by atoms with Gasteiger partial charge in [-0.1, -0.05) is 6.07 Å². The van der Waals surface area contributed by atoms with E-state index in [2.05, 4.69) is 4.98 Å². The number of pyridine rings is 1. The second kappa shape index (κ2) is 4.53. The van der Waals surface area contributed by atoms with Gasteiger partial charge in [0.15, 0.2) is 6.29 Å². The number of carbonyl (C=O) groups is 1. The zero-order chi connectivity index (χ0) is 10.6. The van der Waals surface area contributed by atoms with Crippen molar-refractivity contribution >= 4 is 6.29 Å². The first kappa shape index (κ1) is 10.3. The molecule has 1 saturated carbocycles. The standard InChI is InChI=1S/C6H5NO.C6H10O/c8-5-6-3-1-2-4-7-6;1-2-6(3-4-6)7-5-1/h1-5H;1-5H2. The molecule has 0 amide bonds. The Labute approximate surface area is 89.5 Å². The zero-order valence-electron chi connectivity index (χ0n) is 8.69. The van der Waals surface area contributed by atoms with E-state index in [-0.39, 0.29) is 0 Å². The molecule has 3 heteroatoms. The Balaban J connectivity index is 0.000000114. The Bertz CT molecular complexity index is 312. The van der Waals surface area contributed by atoms with Gasteiger partial charge in [-0.2, -0.15) is 0 Å². The van der Waals surface area contributed by atoms with Gasteiger partial charge in [0.05, 0.1) is 5.60 Å². The first-order chi connectivity index (χ1) is 7.35. The molecule has 2 aliphatic rings. The van der Waals surface area contributed by atoms with Crippen molar-refractivity contribution in [1.82, 2.24) is 4.98 Å². The van der Waals surface area contributed by atoms with Gasteiger partial charge < -0.3 is 4.74 Å². The van der Waals surface area contributed by atoms with Gasteiger partial charge >= 0.3 is 0 Å². The lowest BCUT2D eigenvalue weighted by Gasteiger charge is -2.00. The van der Waals surface area contributed by atoms with E-state index in [9.17, 15) is 4.79 Å². The van der Waals surface area contributed by atoms with E-state index in [1.54, 1.807) is 24.4 Å². The number of rotatable bonds is 1. The van der Waals surface area contributed by atoms with E-state index in [1.807, 2.05) is 0 Å². The summed E-state index contributed by atoms with van der Waals surface area (Å²) in [5, 5.41) is 0. The van der Waals surface area contributed by atoms with E-state index in [1.165, 1.54) is 25.7 Å². The Morgan fingerprint density at radius 3 is 2.53 bits per heavy atom. The lowest BCUT2D eigenvalue weighted by atomic mass is 10.2. The Morgan fingerprint density at radius 2 is 2.20 bits per heavy atom. The molecule has 1 aromatic rings. The van der Waals surface area contributed by atoms with Crippen LogP contribution in [-0.4, -0.2) is 23.5 Å². The van der Waals surface area contributed by atoms with Gasteiger partial charge in [-0.3, -0.25) is 9.78 Å². The summed E-state index contributed by atoms with van der Waals surface area (Å²) in [5.74, 6) is 0. The highest BCUT2D eigenvalue weighted by atomic mass is 16.5. The first-order valence-corrected chi connectivity index (χ1v) is 5.35. The summed E-state index contributed by atoms with van der Waals surface area (Å²) in [6.07, 6.45) is 7.64. The molecule has 2 fully saturated rings. The highest BCUT2D eigenvalue weighted by molar-refractivity contribution is 5.71. The smallest absolute Gasteiger partial charge is 0.168 e. The third kappa shape index (κ3) is 2.86. The number of hydrogen-bond acceptors (Lipinski definition) is 3. The van der Waals surface area contributed by atoms with Crippen molar-refractivity contribution < 1.29 is 9.53 Å². The molecule has 1 aliphatic heterocycles. The number of aromatic nitrogens is 1. The van der Waals surface area contributed by atoms with Crippen LogP contribution in [0, 0.1) is 0 Å². The summed E-state index contributed by atoms with van der Waals surface area (Å²) in [5.41, 5.74) is 0.924. The second-order valence-corrected chi connectivity index (χ2v) is 4.01. The third-order valence-corrected chi connectivity index (χ3v) is 2.80. The second-order valence-electron chi connectivity index (χ2n) is 4.01. The molecule has 0 aromatic carbocycles. The topological polar surface area (TPSA) is 39.2 Å². The summed E-state index contributed by atoms with van der Waals surface area (Å²) in [6.45, 7) is 1.03. The maximum absolute atomic E-state index is 9.94. The molecule has 0 atom stereocenters. The van der Waals surface area contributed by atoms with Crippen LogP contribution in [-0.2, 0) is 4.74 Å². The summed E-state index contributed by atoms with van der Waals surface area (Å²) < 4.78 is 5.45. The van der Waals surface area contributed by atoms with E-state index in [0.29, 0.717) is 11.3 Å². The van der Waals surface area contributed by atoms with Crippen molar-refractivity contribution in [2.24, 2.45) is 0 Å².